The second-order valence-corrected chi connectivity index (χ2v) is 4.98. The van der Waals surface area contributed by atoms with Gasteiger partial charge in [-0.05, 0) is 12.1 Å². The third kappa shape index (κ3) is 2.47. The highest BCUT2D eigenvalue weighted by atomic mass is 32.2. The summed E-state index contributed by atoms with van der Waals surface area (Å²) in [6.07, 6.45) is 0. The van der Waals surface area contributed by atoms with Crippen LogP contribution in [0.4, 0.5) is 10.1 Å². The molecule has 3 nitrogen and oxygen atoms in total. The lowest BCUT2D eigenvalue weighted by Gasteiger charge is -2.08. The zero-order valence-corrected chi connectivity index (χ0v) is 9.97. The molecule has 0 fully saturated rings. The van der Waals surface area contributed by atoms with Crippen LogP contribution in [0.3, 0.4) is 0 Å². The van der Waals surface area contributed by atoms with Crippen LogP contribution >= 0.6 is 11.8 Å². The molecule has 0 bridgehead atoms. The standard InChI is InChI=1S/C11H13FN2OS/c1-7-6-13-11(16-7)14-8-3-4-9(12)10(5-8)15-2/h3-5,7H,6H2,1-2H3,(H,13,14). The number of hydrogen-bond acceptors (Lipinski definition) is 4. The van der Waals surface area contributed by atoms with Crippen molar-refractivity contribution >= 4 is 22.6 Å². The average Bonchev–Trinajstić information content (AvgIpc) is 2.67. The monoisotopic (exact) mass is 240 g/mol. The fraction of sp³-hybridized carbons (Fsp3) is 0.364. The van der Waals surface area contributed by atoms with Gasteiger partial charge in [0.05, 0.1) is 13.7 Å². The van der Waals surface area contributed by atoms with Crippen molar-refractivity contribution in [3.63, 3.8) is 0 Å². The van der Waals surface area contributed by atoms with Crippen molar-refractivity contribution in [1.82, 2.24) is 0 Å². The Balaban J connectivity index is 2.10. The fourth-order valence-electron chi connectivity index (χ4n) is 1.41. The van der Waals surface area contributed by atoms with Gasteiger partial charge >= 0.3 is 0 Å². The molecule has 5 heteroatoms. The minimum atomic E-state index is -0.359. The first kappa shape index (κ1) is 11.3. The van der Waals surface area contributed by atoms with Gasteiger partial charge in [-0.3, -0.25) is 4.99 Å². The van der Waals surface area contributed by atoms with Crippen LogP contribution in [0.1, 0.15) is 6.92 Å². The van der Waals surface area contributed by atoms with Gasteiger partial charge in [0.15, 0.2) is 16.7 Å². The molecule has 1 aliphatic heterocycles. The van der Waals surface area contributed by atoms with Gasteiger partial charge in [-0.1, -0.05) is 18.7 Å². The molecule has 0 saturated heterocycles. The number of anilines is 1. The lowest BCUT2D eigenvalue weighted by atomic mass is 10.3. The maximum atomic E-state index is 13.2. The SMILES string of the molecule is COc1cc(NC2=NCC(C)S2)ccc1F. The molecule has 0 saturated carbocycles. The van der Waals surface area contributed by atoms with Crippen molar-refractivity contribution in [2.75, 3.05) is 19.0 Å². The van der Waals surface area contributed by atoms with Gasteiger partial charge in [-0.2, -0.15) is 0 Å². The molecule has 0 spiro atoms. The molecule has 1 N–H and O–H groups in total. The second-order valence-electron chi connectivity index (χ2n) is 3.55. The van der Waals surface area contributed by atoms with Gasteiger partial charge < -0.3 is 10.1 Å². The third-order valence-electron chi connectivity index (χ3n) is 2.21. The molecule has 0 amide bonds. The number of amidine groups is 1. The predicted molar refractivity (Wildman–Crippen MR) is 65.9 cm³/mol. The Labute approximate surface area is 98.1 Å². The quantitative estimate of drug-likeness (QED) is 0.863. The fourth-order valence-corrected chi connectivity index (χ4v) is 2.26. The van der Waals surface area contributed by atoms with Crippen LogP contribution in [-0.4, -0.2) is 24.1 Å². The second kappa shape index (κ2) is 4.74. The van der Waals surface area contributed by atoms with Crippen LogP contribution in [0, 0.1) is 5.82 Å². The number of nitrogens with zero attached hydrogens (tertiary/aromatic N) is 1. The lowest BCUT2D eigenvalue weighted by molar-refractivity contribution is 0.387. The molecule has 0 radical (unpaired) electrons. The summed E-state index contributed by atoms with van der Waals surface area (Å²) in [5, 5.41) is 4.52. The zero-order valence-electron chi connectivity index (χ0n) is 9.16. The first-order valence-corrected chi connectivity index (χ1v) is 5.88. The van der Waals surface area contributed by atoms with Crippen molar-refractivity contribution in [1.29, 1.82) is 0 Å². The Bertz CT molecular complexity index is 422. The molecule has 16 heavy (non-hydrogen) atoms. The largest absolute Gasteiger partial charge is 0.494 e. The van der Waals surface area contributed by atoms with E-state index in [9.17, 15) is 4.39 Å². The number of ether oxygens (including phenoxy) is 1. The van der Waals surface area contributed by atoms with Crippen LogP contribution in [0.2, 0.25) is 0 Å². The summed E-state index contributed by atoms with van der Waals surface area (Å²) in [6.45, 7) is 2.94. The first-order chi connectivity index (χ1) is 7.69. The topological polar surface area (TPSA) is 33.6 Å². The molecular formula is C11H13FN2OS. The van der Waals surface area contributed by atoms with Crippen LogP contribution in [-0.2, 0) is 0 Å². The summed E-state index contributed by atoms with van der Waals surface area (Å²) in [5.74, 6) is -0.121. The summed E-state index contributed by atoms with van der Waals surface area (Å²) in [7, 11) is 1.45. The van der Waals surface area contributed by atoms with Gasteiger partial charge in [-0.25, -0.2) is 4.39 Å². The van der Waals surface area contributed by atoms with Gasteiger partial charge in [0.25, 0.3) is 0 Å². The Kier molecular flexibility index (Phi) is 3.33. The highest BCUT2D eigenvalue weighted by Gasteiger charge is 2.15. The van der Waals surface area contributed by atoms with E-state index in [2.05, 4.69) is 17.2 Å². The molecule has 86 valence electrons. The summed E-state index contributed by atoms with van der Waals surface area (Å²) in [4.78, 5) is 4.32. The van der Waals surface area contributed by atoms with E-state index in [4.69, 9.17) is 4.74 Å². The minimum absolute atomic E-state index is 0.238. The van der Waals surface area contributed by atoms with Crippen LogP contribution < -0.4 is 10.1 Å². The van der Waals surface area contributed by atoms with Gasteiger partial charge in [0.2, 0.25) is 0 Å². The van der Waals surface area contributed by atoms with E-state index in [0.717, 1.165) is 17.4 Å². The lowest BCUT2D eigenvalue weighted by Crippen LogP contribution is -2.06. The molecule has 2 rings (SSSR count). The van der Waals surface area contributed by atoms with E-state index in [1.54, 1.807) is 23.9 Å². The average molecular weight is 240 g/mol. The summed E-state index contributed by atoms with van der Waals surface area (Å²) in [5.41, 5.74) is 0.790. The number of aliphatic imine (C=N–C) groups is 1. The Morgan fingerprint density at radius 2 is 2.38 bits per heavy atom. The third-order valence-corrected chi connectivity index (χ3v) is 3.21. The Hall–Kier alpha value is -1.23. The van der Waals surface area contributed by atoms with E-state index in [0.29, 0.717) is 5.25 Å². The number of rotatable bonds is 2. The van der Waals surface area contributed by atoms with Crippen LogP contribution in [0.25, 0.3) is 0 Å². The normalized spacial score (nSPS) is 19.4. The first-order valence-electron chi connectivity index (χ1n) is 5.00. The van der Waals surface area contributed by atoms with Crippen molar-refractivity contribution in [2.24, 2.45) is 4.99 Å². The van der Waals surface area contributed by atoms with E-state index in [1.807, 2.05) is 0 Å². The highest BCUT2D eigenvalue weighted by molar-refractivity contribution is 8.15. The predicted octanol–water partition coefficient (Wildman–Crippen LogP) is 2.74. The summed E-state index contributed by atoms with van der Waals surface area (Å²) >= 11 is 1.68. The Morgan fingerprint density at radius 1 is 1.56 bits per heavy atom. The molecule has 1 atom stereocenters. The maximum absolute atomic E-state index is 13.2. The molecule has 0 aromatic heterocycles. The number of methoxy groups -OCH3 is 1. The van der Waals surface area contributed by atoms with Gasteiger partial charge in [0.1, 0.15) is 0 Å². The molecule has 1 aliphatic rings. The van der Waals surface area contributed by atoms with E-state index in [-0.39, 0.29) is 11.6 Å². The number of nitrogens with one attached hydrogen (secondary N) is 1. The van der Waals surface area contributed by atoms with E-state index >= 15 is 0 Å². The molecule has 1 aromatic carbocycles. The number of hydrogen-bond donors (Lipinski definition) is 1. The molecule has 0 aliphatic carbocycles. The minimum Gasteiger partial charge on any atom is -0.494 e. The summed E-state index contributed by atoms with van der Waals surface area (Å²) < 4.78 is 18.1. The summed E-state index contributed by atoms with van der Waals surface area (Å²) in [6, 6.07) is 4.68. The van der Waals surface area contributed by atoms with Crippen LogP contribution in [0.15, 0.2) is 23.2 Å². The van der Waals surface area contributed by atoms with Crippen molar-refractivity contribution in [3.8, 4) is 5.75 Å². The highest BCUT2D eigenvalue weighted by Crippen LogP contribution is 2.25. The van der Waals surface area contributed by atoms with Crippen molar-refractivity contribution in [3.05, 3.63) is 24.0 Å². The number of thioether (sulfide) groups is 1. The smallest absolute Gasteiger partial charge is 0.165 e. The Morgan fingerprint density at radius 3 is 3.00 bits per heavy atom. The molecule has 1 aromatic rings. The maximum Gasteiger partial charge on any atom is 0.165 e. The number of benzene rings is 1. The van der Waals surface area contributed by atoms with Crippen molar-refractivity contribution < 1.29 is 9.13 Å². The van der Waals surface area contributed by atoms with Crippen LogP contribution in [0.5, 0.6) is 5.75 Å². The van der Waals surface area contributed by atoms with Gasteiger partial charge in [0, 0.05) is 17.0 Å². The molecule has 1 heterocycles. The van der Waals surface area contributed by atoms with Crippen molar-refractivity contribution in [2.45, 2.75) is 12.2 Å². The molecular weight excluding hydrogens is 227 g/mol. The van der Waals surface area contributed by atoms with Gasteiger partial charge in [-0.15, -0.1) is 0 Å². The van der Waals surface area contributed by atoms with E-state index in [1.165, 1.54) is 13.2 Å². The zero-order chi connectivity index (χ0) is 11.5. The van der Waals surface area contributed by atoms with E-state index < -0.39 is 0 Å². The molecule has 1 unspecified atom stereocenters. The number of halogens is 1.